The molecule has 0 radical (unpaired) electrons. The molecule has 8 heteroatoms. The Balaban J connectivity index is 1.04. The van der Waals surface area contributed by atoms with Crippen molar-refractivity contribution in [1.29, 1.82) is 0 Å². The minimum Gasteiger partial charge on any atom is -0.455 e. The van der Waals surface area contributed by atoms with Crippen LogP contribution in [0.2, 0.25) is 0 Å². The summed E-state index contributed by atoms with van der Waals surface area (Å²) in [6, 6.07) is 67.7. The highest BCUT2D eigenvalue weighted by molar-refractivity contribution is 6.92. The first kappa shape index (κ1) is 34.2. The van der Waals surface area contributed by atoms with E-state index in [1.54, 1.807) is 0 Å². The summed E-state index contributed by atoms with van der Waals surface area (Å²) in [5.74, 6) is 0. The summed E-state index contributed by atoms with van der Waals surface area (Å²) in [5, 5.41) is 12.2. The van der Waals surface area contributed by atoms with E-state index >= 15 is 0 Å². The van der Waals surface area contributed by atoms with Crippen LogP contribution in [0.4, 0.5) is 0 Å². The lowest BCUT2D eigenvalue weighted by Gasteiger charge is -2.34. The van der Waals surface area contributed by atoms with E-state index in [1.807, 2.05) is 0 Å². The van der Waals surface area contributed by atoms with Crippen molar-refractivity contribution in [3.8, 4) is 33.6 Å². The minimum absolute atomic E-state index is 0.140. The molecule has 10 aromatic carbocycles. The first-order valence-corrected chi connectivity index (χ1v) is 24.4. The van der Waals surface area contributed by atoms with Crippen molar-refractivity contribution in [3.05, 3.63) is 182 Å². The van der Waals surface area contributed by atoms with Gasteiger partial charge >= 0.3 is 13.7 Å². The molecule has 0 saturated heterocycles. The van der Waals surface area contributed by atoms with E-state index < -0.39 is 0 Å². The van der Waals surface area contributed by atoms with Crippen LogP contribution in [-0.4, -0.2) is 31.8 Å². The highest BCUT2D eigenvalue weighted by Gasteiger charge is 2.48. The van der Waals surface area contributed by atoms with Gasteiger partial charge in [0.1, 0.15) is 22.3 Å². The van der Waals surface area contributed by atoms with Crippen molar-refractivity contribution in [3.63, 3.8) is 0 Å². The Labute approximate surface area is 396 Å². The average molecular weight is 885 g/mol. The van der Waals surface area contributed by atoms with E-state index in [-0.39, 0.29) is 13.7 Å². The van der Waals surface area contributed by atoms with Gasteiger partial charge in [0.25, 0.3) is 0 Å². The number of benzene rings is 10. The molecule has 0 N–H and O–H groups in total. The molecular weight excluding hydrogens is 854 g/mol. The molecule has 0 bridgehead atoms. The van der Waals surface area contributed by atoms with Gasteiger partial charge in [-0.3, -0.25) is 0 Å². The third-order valence-corrected chi connectivity index (χ3v) is 17.3. The summed E-state index contributed by atoms with van der Waals surface area (Å²) in [6.07, 6.45) is 0. The molecule has 10 heterocycles. The summed E-state index contributed by atoms with van der Waals surface area (Å²) in [5.41, 5.74) is 26.3. The summed E-state index contributed by atoms with van der Waals surface area (Å²) < 4.78 is 25.1. The topological polar surface area (TPSA) is 46.0 Å². The zero-order chi connectivity index (χ0) is 44.6. The minimum atomic E-state index is -0.140. The van der Waals surface area contributed by atoms with E-state index in [2.05, 4.69) is 200 Å². The zero-order valence-electron chi connectivity index (χ0n) is 37.1. The average Bonchev–Trinajstić information content (AvgIpc) is 4.27. The van der Waals surface area contributed by atoms with Crippen molar-refractivity contribution >= 4 is 156 Å². The standard InChI is InChI=1S/C62H30B2N4O2/c1-7-25-41-31(15-1)47-49-33-17-3-11-29-45(33)69-61(49)51-35-19-13-21-37-55(35)67(63-39-23-5-9-27-43(39)65(41)59(47)53(51)63)57-38-22-14-20-36-52-54-60-48(50-34-18-4-12-30-46(34)70-62(50)52)32-16-2-8-26-42(32)66(60)44-28-10-6-24-40(44)64(54)68(56(36)38)58(37)57/h1-30H. The van der Waals surface area contributed by atoms with E-state index in [4.69, 9.17) is 8.83 Å². The highest BCUT2D eigenvalue weighted by atomic mass is 16.3. The van der Waals surface area contributed by atoms with Gasteiger partial charge in [-0.25, -0.2) is 0 Å². The quantitative estimate of drug-likeness (QED) is 0.142. The first-order valence-electron chi connectivity index (χ1n) is 24.4. The van der Waals surface area contributed by atoms with Gasteiger partial charge in [0.2, 0.25) is 0 Å². The second-order valence-electron chi connectivity index (χ2n) is 20.1. The Morgan fingerprint density at radius 2 is 0.714 bits per heavy atom. The van der Waals surface area contributed by atoms with Crippen LogP contribution in [0.5, 0.6) is 0 Å². The molecule has 6 nitrogen and oxygen atoms in total. The Kier molecular flexibility index (Phi) is 5.41. The highest BCUT2D eigenvalue weighted by Crippen LogP contribution is 2.54. The van der Waals surface area contributed by atoms with Crippen molar-refractivity contribution in [1.82, 2.24) is 18.1 Å². The molecular formula is C62H30B2N4O2. The van der Waals surface area contributed by atoms with Gasteiger partial charge in [0.15, 0.2) is 0 Å². The maximum absolute atomic E-state index is 7.23. The van der Waals surface area contributed by atoms with Gasteiger partial charge in [-0.2, -0.15) is 0 Å². The van der Waals surface area contributed by atoms with Gasteiger partial charge in [0.05, 0.1) is 33.1 Å². The smallest absolute Gasteiger partial charge is 0.333 e. The Bertz CT molecular complexity index is 4960. The number of furan rings is 2. The molecule has 6 aromatic heterocycles. The summed E-state index contributed by atoms with van der Waals surface area (Å²) in [7, 11) is 0. The number of aromatic nitrogens is 4. The number of hydrogen-bond donors (Lipinski definition) is 0. The lowest BCUT2D eigenvalue weighted by molar-refractivity contribution is 0.670. The fourth-order valence-corrected chi connectivity index (χ4v) is 15.1. The van der Waals surface area contributed by atoms with E-state index in [0.29, 0.717) is 0 Å². The van der Waals surface area contributed by atoms with Crippen LogP contribution in [0.25, 0.3) is 154 Å². The second-order valence-corrected chi connectivity index (χ2v) is 20.1. The van der Waals surface area contributed by atoms with Gasteiger partial charge in [0, 0.05) is 98.5 Å². The molecule has 0 saturated carbocycles. The number of nitrogens with zero attached hydrogens (tertiary/aromatic N) is 4. The molecule has 0 fully saturated rings. The molecule has 0 atom stereocenters. The normalized spacial score (nSPS) is 13.9. The number of rotatable bonds is 0. The zero-order valence-corrected chi connectivity index (χ0v) is 37.1. The molecule has 0 amide bonds. The van der Waals surface area contributed by atoms with E-state index in [1.165, 1.54) is 143 Å². The lowest BCUT2D eigenvalue weighted by atomic mass is 9.45. The third kappa shape index (κ3) is 3.40. The van der Waals surface area contributed by atoms with Crippen molar-refractivity contribution in [2.24, 2.45) is 0 Å². The van der Waals surface area contributed by atoms with Gasteiger partial charge in [-0.15, -0.1) is 0 Å². The predicted octanol–water partition coefficient (Wildman–Crippen LogP) is 12.6. The maximum Gasteiger partial charge on any atom is 0.333 e. The number of hydrogen-bond acceptors (Lipinski definition) is 2. The summed E-state index contributed by atoms with van der Waals surface area (Å²) in [6.45, 7) is -0.280. The monoisotopic (exact) mass is 884 g/mol. The Morgan fingerprint density at radius 1 is 0.314 bits per heavy atom. The fraction of sp³-hybridized carbons (Fsp3) is 0. The summed E-state index contributed by atoms with van der Waals surface area (Å²) in [4.78, 5) is 0. The molecule has 4 aliphatic heterocycles. The molecule has 20 rings (SSSR count). The molecule has 16 aromatic rings. The number of para-hydroxylation sites is 8. The fourth-order valence-electron chi connectivity index (χ4n) is 15.1. The van der Waals surface area contributed by atoms with Gasteiger partial charge < -0.3 is 26.9 Å². The van der Waals surface area contributed by atoms with Crippen molar-refractivity contribution < 1.29 is 8.83 Å². The molecule has 0 spiro atoms. The van der Waals surface area contributed by atoms with Crippen molar-refractivity contribution in [2.75, 3.05) is 0 Å². The van der Waals surface area contributed by atoms with Crippen LogP contribution in [0.15, 0.2) is 191 Å². The summed E-state index contributed by atoms with van der Waals surface area (Å²) >= 11 is 0. The van der Waals surface area contributed by atoms with Crippen LogP contribution < -0.4 is 21.9 Å². The lowest BCUT2D eigenvalue weighted by Crippen LogP contribution is -2.55. The first-order chi connectivity index (χ1) is 34.8. The van der Waals surface area contributed by atoms with Gasteiger partial charge in [-0.05, 0) is 58.2 Å². The van der Waals surface area contributed by atoms with Crippen LogP contribution in [-0.2, 0) is 0 Å². The molecule has 70 heavy (non-hydrogen) atoms. The third-order valence-electron chi connectivity index (χ3n) is 17.3. The molecule has 316 valence electrons. The van der Waals surface area contributed by atoms with Gasteiger partial charge in [-0.1, -0.05) is 146 Å². The molecule has 0 unspecified atom stereocenters. The number of fused-ring (bicyclic) bond motifs is 31. The SMILES string of the molecule is c1ccc2c(c1)B1c3c(c4oc5ccccc5c4c4c5ccccc5n-2c34)-c2cccc3c2n1c1c2cccc4c2n(c31)B1c2ccccc2-n2c3ccccc3c3c5c(oc6ccccc65)c-4c1c32. The maximum atomic E-state index is 7.23. The Hall–Kier alpha value is -9.13. The Morgan fingerprint density at radius 3 is 1.20 bits per heavy atom. The van der Waals surface area contributed by atoms with E-state index in [0.717, 1.165) is 33.1 Å². The largest absolute Gasteiger partial charge is 0.455 e. The second kappa shape index (κ2) is 11.1. The van der Waals surface area contributed by atoms with Crippen LogP contribution in [0, 0.1) is 0 Å². The predicted molar refractivity (Wildman–Crippen MR) is 290 cm³/mol. The van der Waals surface area contributed by atoms with E-state index in [9.17, 15) is 0 Å². The molecule has 4 aliphatic rings. The van der Waals surface area contributed by atoms with Crippen LogP contribution in [0.3, 0.4) is 0 Å². The molecule has 0 aliphatic carbocycles. The van der Waals surface area contributed by atoms with Crippen molar-refractivity contribution in [2.45, 2.75) is 0 Å². The van der Waals surface area contributed by atoms with Crippen LogP contribution >= 0.6 is 0 Å². The van der Waals surface area contributed by atoms with Crippen LogP contribution in [0.1, 0.15) is 0 Å².